The molecule has 3 rings (SSSR count). The Kier molecular flexibility index (Phi) is 9.70. The number of hydrogen-bond donors (Lipinski definition) is 5. The highest BCUT2D eigenvalue weighted by Crippen LogP contribution is 2.22. The normalized spacial score (nSPS) is 15.7. The topological polar surface area (TPSA) is 210 Å². The van der Waals surface area contributed by atoms with Gasteiger partial charge < -0.3 is 35.8 Å². The third kappa shape index (κ3) is 8.06. The quantitative estimate of drug-likeness (QED) is 0.187. The third-order valence-electron chi connectivity index (χ3n) is 5.78. The SMILES string of the molecule is COC(=O)N[C@@H](CNC(=O)CN1C(=O)N[C@@H](CCCNc2nc3ccccc3n2C(=O)OC(C)(C)C)C1=O)C(=O)O. The molecule has 0 bridgehead atoms. The summed E-state index contributed by atoms with van der Waals surface area (Å²) in [6, 6.07) is 3.95. The molecular weight excluding hydrogens is 542 g/mol. The van der Waals surface area contributed by atoms with Gasteiger partial charge in [0.1, 0.15) is 24.2 Å². The fourth-order valence-corrected chi connectivity index (χ4v) is 3.88. The van der Waals surface area contributed by atoms with Gasteiger partial charge in [0.05, 0.1) is 18.1 Å². The van der Waals surface area contributed by atoms with Crippen LogP contribution >= 0.6 is 0 Å². The number of urea groups is 1. The second kappa shape index (κ2) is 13.0. The van der Waals surface area contributed by atoms with Crippen molar-refractivity contribution < 1.29 is 43.3 Å². The maximum Gasteiger partial charge on any atom is 0.421 e. The first-order valence-electron chi connectivity index (χ1n) is 12.7. The highest BCUT2D eigenvalue weighted by Gasteiger charge is 2.38. The van der Waals surface area contributed by atoms with Gasteiger partial charge in [-0.15, -0.1) is 0 Å². The summed E-state index contributed by atoms with van der Waals surface area (Å²) in [6.45, 7) is 4.44. The first-order chi connectivity index (χ1) is 19.3. The molecule has 1 saturated heterocycles. The lowest BCUT2D eigenvalue weighted by atomic mass is 10.1. The van der Waals surface area contributed by atoms with Crippen molar-refractivity contribution in [2.75, 3.05) is 32.1 Å². The molecule has 0 radical (unpaired) electrons. The molecule has 2 heterocycles. The molecule has 0 saturated carbocycles. The van der Waals surface area contributed by atoms with Crippen molar-refractivity contribution in [1.29, 1.82) is 0 Å². The number of carboxylic acid groups (broad SMARTS) is 1. The predicted octanol–water partition coefficient (Wildman–Crippen LogP) is 0.857. The largest absolute Gasteiger partial charge is 0.480 e. The summed E-state index contributed by atoms with van der Waals surface area (Å²) in [4.78, 5) is 77.8. The number of amides is 5. The maximum absolute atomic E-state index is 12.9. The Balaban J connectivity index is 1.53. The number of carboxylic acids is 1. The van der Waals surface area contributed by atoms with Crippen molar-refractivity contribution in [2.45, 2.75) is 51.3 Å². The van der Waals surface area contributed by atoms with E-state index in [9.17, 15) is 28.8 Å². The highest BCUT2D eigenvalue weighted by atomic mass is 16.6. The Morgan fingerprint density at radius 1 is 1.17 bits per heavy atom. The van der Waals surface area contributed by atoms with Gasteiger partial charge in [0.15, 0.2) is 0 Å². The van der Waals surface area contributed by atoms with E-state index in [1.807, 2.05) is 5.32 Å². The van der Waals surface area contributed by atoms with Crippen LogP contribution in [0.25, 0.3) is 11.0 Å². The van der Waals surface area contributed by atoms with Gasteiger partial charge in [-0.3, -0.25) is 14.5 Å². The summed E-state index contributed by atoms with van der Waals surface area (Å²) >= 11 is 0. The molecule has 5 amide bonds. The molecule has 1 aliphatic heterocycles. The number of aromatic nitrogens is 2. The van der Waals surface area contributed by atoms with Crippen LogP contribution in [0.15, 0.2) is 24.3 Å². The average molecular weight is 576 g/mol. The van der Waals surface area contributed by atoms with E-state index < -0.39 is 66.8 Å². The summed E-state index contributed by atoms with van der Waals surface area (Å²) < 4.78 is 11.2. The number of benzene rings is 1. The van der Waals surface area contributed by atoms with Crippen LogP contribution in [0.1, 0.15) is 33.6 Å². The van der Waals surface area contributed by atoms with Crippen LogP contribution in [0.5, 0.6) is 0 Å². The van der Waals surface area contributed by atoms with Crippen LogP contribution < -0.4 is 21.3 Å². The van der Waals surface area contributed by atoms with Gasteiger partial charge in [0, 0.05) is 13.1 Å². The average Bonchev–Trinajstić information content (AvgIpc) is 3.39. The van der Waals surface area contributed by atoms with E-state index >= 15 is 0 Å². The van der Waals surface area contributed by atoms with Crippen molar-refractivity contribution in [3.63, 3.8) is 0 Å². The molecule has 2 atom stereocenters. The Morgan fingerprint density at radius 2 is 1.88 bits per heavy atom. The van der Waals surface area contributed by atoms with Crippen molar-refractivity contribution in [2.24, 2.45) is 0 Å². The first-order valence-corrected chi connectivity index (χ1v) is 12.7. The van der Waals surface area contributed by atoms with Crippen LogP contribution in [0.2, 0.25) is 0 Å². The monoisotopic (exact) mass is 575 g/mol. The van der Waals surface area contributed by atoms with Crippen molar-refractivity contribution >= 4 is 53.0 Å². The van der Waals surface area contributed by atoms with Crippen molar-refractivity contribution in [3.05, 3.63) is 24.3 Å². The predicted molar refractivity (Wildman–Crippen MR) is 143 cm³/mol. The number of ether oxygens (including phenoxy) is 2. The number of aliphatic carboxylic acids is 1. The number of anilines is 1. The molecule has 1 fully saturated rings. The number of methoxy groups -OCH3 is 1. The number of rotatable bonds is 11. The summed E-state index contributed by atoms with van der Waals surface area (Å²) in [5, 5.41) is 19.0. The summed E-state index contributed by atoms with van der Waals surface area (Å²) in [6.07, 6.45) is -0.975. The van der Waals surface area contributed by atoms with Crippen LogP contribution in [0.3, 0.4) is 0 Å². The van der Waals surface area contributed by atoms with E-state index in [2.05, 4.69) is 25.7 Å². The number of para-hydroxylation sites is 2. The molecule has 16 heteroatoms. The molecule has 222 valence electrons. The Bertz CT molecular complexity index is 1330. The van der Waals surface area contributed by atoms with Gasteiger partial charge in [0.25, 0.3) is 5.91 Å². The van der Waals surface area contributed by atoms with Crippen LogP contribution in [0, 0.1) is 0 Å². The van der Waals surface area contributed by atoms with Gasteiger partial charge in [-0.25, -0.2) is 28.7 Å². The lowest BCUT2D eigenvalue weighted by molar-refractivity contribution is -0.139. The van der Waals surface area contributed by atoms with Crippen LogP contribution in [0.4, 0.5) is 20.3 Å². The standard InChI is InChI=1S/C25H33N7O9/c1-25(2,3)41-24(39)32-17-10-6-5-8-14(17)28-21(32)26-11-7-9-15-19(34)31(22(37)29-15)13-18(33)27-12-16(20(35)36)30-23(38)40-4/h5-6,8,10,15-16H,7,9,11-13H2,1-4H3,(H,26,28)(H,27,33)(H,29,37)(H,30,38)(H,35,36)/t15-,16-/m0/s1. The summed E-state index contributed by atoms with van der Waals surface area (Å²) in [7, 11) is 1.05. The zero-order valence-electron chi connectivity index (χ0n) is 23.1. The van der Waals surface area contributed by atoms with Crippen molar-refractivity contribution in [3.8, 4) is 0 Å². The molecule has 0 unspecified atom stereocenters. The first kappa shape index (κ1) is 30.6. The number of alkyl carbamates (subject to hydrolysis) is 1. The lowest BCUT2D eigenvalue weighted by Crippen LogP contribution is -2.50. The molecule has 1 aliphatic rings. The third-order valence-corrected chi connectivity index (χ3v) is 5.78. The zero-order valence-corrected chi connectivity index (χ0v) is 23.1. The molecule has 2 aromatic rings. The Morgan fingerprint density at radius 3 is 2.54 bits per heavy atom. The van der Waals surface area contributed by atoms with Gasteiger partial charge >= 0.3 is 24.2 Å². The number of carbonyl (C=O) groups excluding carboxylic acids is 5. The van der Waals surface area contributed by atoms with Crippen LogP contribution in [-0.2, 0) is 23.9 Å². The van der Waals surface area contributed by atoms with E-state index in [0.29, 0.717) is 24.0 Å². The zero-order chi connectivity index (χ0) is 30.3. The second-order valence-electron chi connectivity index (χ2n) is 10.1. The van der Waals surface area contributed by atoms with Crippen molar-refractivity contribution in [1.82, 2.24) is 30.4 Å². The minimum atomic E-state index is -1.47. The number of imide groups is 1. The van der Waals surface area contributed by atoms with Gasteiger partial charge in [-0.05, 0) is 45.7 Å². The minimum Gasteiger partial charge on any atom is -0.480 e. The minimum absolute atomic E-state index is 0.229. The molecule has 41 heavy (non-hydrogen) atoms. The maximum atomic E-state index is 12.9. The fourth-order valence-electron chi connectivity index (χ4n) is 3.88. The summed E-state index contributed by atoms with van der Waals surface area (Å²) in [5.74, 6) is -2.56. The number of carbonyl (C=O) groups is 6. The van der Waals surface area contributed by atoms with Crippen LogP contribution in [-0.4, -0.2) is 100.0 Å². The van der Waals surface area contributed by atoms with Gasteiger partial charge in [0.2, 0.25) is 11.9 Å². The van der Waals surface area contributed by atoms with E-state index in [1.165, 1.54) is 4.57 Å². The van der Waals surface area contributed by atoms with Gasteiger partial charge in [-0.1, -0.05) is 12.1 Å². The summed E-state index contributed by atoms with van der Waals surface area (Å²) in [5.41, 5.74) is 0.428. The van der Waals surface area contributed by atoms with E-state index in [1.54, 1.807) is 45.0 Å². The highest BCUT2D eigenvalue weighted by molar-refractivity contribution is 6.06. The number of fused-ring (bicyclic) bond motifs is 1. The Labute approximate surface area is 234 Å². The molecular formula is C25H33N7O9. The molecule has 1 aromatic carbocycles. The molecule has 5 N–H and O–H groups in total. The fraction of sp³-hybridized carbons (Fsp3) is 0.480. The van der Waals surface area contributed by atoms with E-state index in [0.717, 1.165) is 12.0 Å². The lowest BCUT2D eigenvalue weighted by Gasteiger charge is -2.20. The molecule has 0 aliphatic carbocycles. The smallest absolute Gasteiger partial charge is 0.421 e. The van der Waals surface area contributed by atoms with E-state index in [-0.39, 0.29) is 12.4 Å². The van der Waals surface area contributed by atoms with E-state index in [4.69, 9.17) is 9.84 Å². The second-order valence-corrected chi connectivity index (χ2v) is 10.1. The number of imidazole rings is 1. The molecule has 16 nitrogen and oxygen atoms in total. The van der Waals surface area contributed by atoms with Gasteiger partial charge in [-0.2, -0.15) is 0 Å². The molecule has 0 spiro atoms. The molecule has 1 aromatic heterocycles. The Hall–Kier alpha value is -4.89. The number of hydrogen-bond acceptors (Lipinski definition) is 10. The number of nitrogens with zero attached hydrogens (tertiary/aromatic N) is 3. The number of nitrogens with one attached hydrogen (secondary N) is 4.